The molecule has 116 valence electrons. The normalized spacial score (nSPS) is 24.5. The van der Waals surface area contributed by atoms with Gasteiger partial charge in [-0.15, -0.1) is 0 Å². The van der Waals surface area contributed by atoms with Gasteiger partial charge in [0.05, 0.1) is 28.1 Å². The molecule has 0 radical (unpaired) electrons. The topological polar surface area (TPSA) is 75.1 Å². The Balaban J connectivity index is 2.03. The highest BCUT2D eigenvalue weighted by Gasteiger charge is 2.43. The third-order valence-corrected chi connectivity index (χ3v) is 6.09. The molecule has 1 aliphatic heterocycles. The highest BCUT2D eigenvalue weighted by molar-refractivity contribution is 7.85. The Morgan fingerprint density at radius 2 is 2.00 bits per heavy atom. The van der Waals surface area contributed by atoms with Gasteiger partial charge in [-0.05, 0) is 26.2 Å². The van der Waals surface area contributed by atoms with Crippen molar-refractivity contribution in [3.05, 3.63) is 11.5 Å². The van der Waals surface area contributed by atoms with Gasteiger partial charge in [-0.25, -0.2) is 9.97 Å². The summed E-state index contributed by atoms with van der Waals surface area (Å²) in [7, 11) is -1.03. The number of aryl methyl sites for hydroxylation is 1. The maximum absolute atomic E-state index is 12.3. The Bertz CT molecular complexity index is 583. The first-order chi connectivity index (χ1) is 9.93. The van der Waals surface area contributed by atoms with Crippen molar-refractivity contribution in [2.24, 2.45) is 0 Å². The SMILES string of the molecule is CC(C)c1nc2c(c(NC3(C(C)O)CCC3)n1)S(=O)CC2. The molecule has 1 aliphatic carbocycles. The molecule has 1 fully saturated rings. The summed E-state index contributed by atoms with van der Waals surface area (Å²) in [5.74, 6) is 2.33. The minimum atomic E-state index is -1.03. The zero-order valence-corrected chi connectivity index (χ0v) is 13.7. The van der Waals surface area contributed by atoms with Gasteiger partial charge in [0.1, 0.15) is 16.5 Å². The summed E-state index contributed by atoms with van der Waals surface area (Å²) >= 11 is 0. The Morgan fingerprint density at radius 3 is 2.52 bits per heavy atom. The quantitative estimate of drug-likeness (QED) is 0.889. The second-order valence-corrected chi connectivity index (χ2v) is 7.98. The second-order valence-electron chi connectivity index (χ2n) is 6.47. The van der Waals surface area contributed by atoms with Crippen molar-refractivity contribution in [2.75, 3.05) is 11.1 Å². The molecule has 2 unspecified atom stereocenters. The summed E-state index contributed by atoms with van der Waals surface area (Å²) < 4.78 is 12.3. The standard InChI is InChI=1S/C15H23N3O2S/c1-9(2)13-16-11-5-8-21(20)12(11)14(17-13)18-15(10(3)19)6-4-7-15/h9-10,19H,4-8H2,1-3H3,(H,16,17,18). The van der Waals surface area contributed by atoms with Crippen LogP contribution in [0.15, 0.2) is 4.90 Å². The van der Waals surface area contributed by atoms with Gasteiger partial charge in [-0.1, -0.05) is 13.8 Å². The first kappa shape index (κ1) is 14.9. The first-order valence-corrected chi connectivity index (χ1v) is 9.00. The number of anilines is 1. The smallest absolute Gasteiger partial charge is 0.146 e. The summed E-state index contributed by atoms with van der Waals surface area (Å²) in [6.07, 6.45) is 3.25. The Hall–Kier alpha value is -1.01. The number of hydrogen-bond donors (Lipinski definition) is 2. The average molecular weight is 309 g/mol. The fourth-order valence-corrected chi connectivity index (χ4v) is 4.31. The van der Waals surface area contributed by atoms with Crippen molar-refractivity contribution < 1.29 is 9.32 Å². The minimum Gasteiger partial charge on any atom is -0.391 e. The monoisotopic (exact) mass is 309 g/mol. The molecule has 2 atom stereocenters. The van der Waals surface area contributed by atoms with Crippen LogP contribution in [0.4, 0.5) is 5.82 Å². The van der Waals surface area contributed by atoms with Gasteiger partial charge in [-0.3, -0.25) is 4.21 Å². The molecule has 2 aliphatic rings. The van der Waals surface area contributed by atoms with E-state index < -0.39 is 16.9 Å². The van der Waals surface area contributed by atoms with E-state index in [1.54, 1.807) is 0 Å². The van der Waals surface area contributed by atoms with Crippen LogP contribution in [-0.4, -0.2) is 36.7 Å². The maximum Gasteiger partial charge on any atom is 0.146 e. The Kier molecular flexibility index (Phi) is 3.78. The van der Waals surface area contributed by atoms with E-state index in [4.69, 9.17) is 0 Å². The molecule has 1 saturated carbocycles. The highest BCUT2D eigenvalue weighted by atomic mass is 32.2. The van der Waals surface area contributed by atoms with Crippen LogP contribution in [0.2, 0.25) is 0 Å². The van der Waals surface area contributed by atoms with Gasteiger partial charge in [0, 0.05) is 18.1 Å². The average Bonchev–Trinajstić information content (AvgIpc) is 2.75. The molecule has 0 spiro atoms. The molecule has 5 nitrogen and oxygen atoms in total. The van der Waals surface area contributed by atoms with E-state index in [1.165, 1.54) is 0 Å². The molecular weight excluding hydrogens is 286 g/mol. The number of fused-ring (bicyclic) bond motifs is 1. The van der Waals surface area contributed by atoms with Crippen molar-refractivity contribution in [1.29, 1.82) is 0 Å². The number of hydrogen-bond acceptors (Lipinski definition) is 5. The number of nitrogens with one attached hydrogen (secondary N) is 1. The molecule has 0 bridgehead atoms. The van der Waals surface area contributed by atoms with Gasteiger partial charge < -0.3 is 10.4 Å². The van der Waals surface area contributed by atoms with Crippen LogP contribution in [0, 0.1) is 0 Å². The van der Waals surface area contributed by atoms with E-state index in [1.807, 2.05) is 6.92 Å². The van der Waals surface area contributed by atoms with Crippen molar-refractivity contribution in [2.45, 2.75) is 68.9 Å². The molecular formula is C15H23N3O2S. The van der Waals surface area contributed by atoms with Crippen LogP contribution in [0.5, 0.6) is 0 Å². The fourth-order valence-electron chi connectivity index (χ4n) is 3.00. The summed E-state index contributed by atoms with van der Waals surface area (Å²) in [6.45, 7) is 5.93. The Morgan fingerprint density at radius 1 is 1.29 bits per heavy atom. The van der Waals surface area contributed by atoms with Gasteiger partial charge >= 0.3 is 0 Å². The third-order valence-electron chi connectivity index (χ3n) is 4.63. The molecule has 0 aromatic carbocycles. The first-order valence-electron chi connectivity index (χ1n) is 7.68. The summed E-state index contributed by atoms with van der Waals surface area (Å²) in [6, 6.07) is 0. The number of rotatable bonds is 4. The predicted octanol–water partition coefficient (Wildman–Crippen LogP) is 1.98. The van der Waals surface area contributed by atoms with E-state index in [-0.39, 0.29) is 11.5 Å². The molecule has 1 aromatic rings. The van der Waals surface area contributed by atoms with Crippen molar-refractivity contribution in [1.82, 2.24) is 9.97 Å². The highest BCUT2D eigenvalue weighted by Crippen LogP contribution is 2.40. The fraction of sp³-hybridized carbons (Fsp3) is 0.733. The zero-order chi connectivity index (χ0) is 15.2. The van der Waals surface area contributed by atoms with Gasteiger partial charge in [0.25, 0.3) is 0 Å². The van der Waals surface area contributed by atoms with Crippen molar-refractivity contribution in [3.63, 3.8) is 0 Å². The molecule has 6 heteroatoms. The summed E-state index contributed by atoms with van der Waals surface area (Å²) in [5, 5.41) is 13.5. The molecule has 3 rings (SSSR count). The zero-order valence-electron chi connectivity index (χ0n) is 12.8. The predicted molar refractivity (Wildman–Crippen MR) is 83.0 cm³/mol. The third kappa shape index (κ3) is 2.48. The van der Waals surface area contributed by atoms with Crippen LogP contribution < -0.4 is 5.32 Å². The van der Waals surface area contributed by atoms with Crippen LogP contribution in [0.25, 0.3) is 0 Å². The number of aliphatic hydroxyl groups excluding tert-OH is 1. The lowest BCUT2D eigenvalue weighted by Gasteiger charge is -2.45. The van der Waals surface area contributed by atoms with Crippen LogP contribution in [0.3, 0.4) is 0 Å². The molecule has 1 aromatic heterocycles. The van der Waals surface area contributed by atoms with E-state index >= 15 is 0 Å². The van der Waals surface area contributed by atoms with Crippen LogP contribution in [0.1, 0.15) is 57.5 Å². The van der Waals surface area contributed by atoms with E-state index in [2.05, 4.69) is 29.1 Å². The number of aliphatic hydroxyl groups is 1. The van der Waals surface area contributed by atoms with E-state index in [0.717, 1.165) is 42.1 Å². The maximum atomic E-state index is 12.3. The van der Waals surface area contributed by atoms with Crippen LogP contribution in [-0.2, 0) is 17.2 Å². The molecule has 2 heterocycles. The number of aromatic nitrogens is 2. The lowest BCUT2D eigenvalue weighted by molar-refractivity contribution is 0.0631. The van der Waals surface area contributed by atoms with Gasteiger partial charge in [-0.2, -0.15) is 0 Å². The lowest BCUT2D eigenvalue weighted by Crippen LogP contribution is -2.53. The minimum absolute atomic E-state index is 0.230. The molecule has 21 heavy (non-hydrogen) atoms. The van der Waals surface area contributed by atoms with E-state index in [9.17, 15) is 9.32 Å². The largest absolute Gasteiger partial charge is 0.391 e. The molecule has 0 amide bonds. The van der Waals surface area contributed by atoms with Crippen molar-refractivity contribution in [3.8, 4) is 0 Å². The Labute approximate surface area is 128 Å². The summed E-state index contributed by atoms with van der Waals surface area (Å²) in [5.41, 5.74) is 0.595. The van der Waals surface area contributed by atoms with Gasteiger partial charge in [0.15, 0.2) is 0 Å². The second kappa shape index (κ2) is 5.32. The number of nitrogens with zero attached hydrogens (tertiary/aromatic N) is 2. The van der Waals surface area contributed by atoms with E-state index in [0.29, 0.717) is 11.6 Å². The van der Waals surface area contributed by atoms with Gasteiger partial charge in [0.2, 0.25) is 0 Å². The summed E-state index contributed by atoms with van der Waals surface area (Å²) in [4.78, 5) is 9.95. The van der Waals surface area contributed by atoms with Crippen LogP contribution >= 0.6 is 0 Å². The molecule has 0 saturated heterocycles. The van der Waals surface area contributed by atoms with Crippen molar-refractivity contribution >= 4 is 16.6 Å². The lowest BCUT2D eigenvalue weighted by atomic mass is 9.73. The molecule has 2 N–H and O–H groups in total.